The molecule has 88 valence electrons. The van der Waals surface area contributed by atoms with Gasteiger partial charge in [-0.15, -0.1) is 0 Å². The Kier molecular flexibility index (Phi) is 4.51. The van der Waals surface area contributed by atoms with Gasteiger partial charge in [0.15, 0.2) is 0 Å². The summed E-state index contributed by atoms with van der Waals surface area (Å²) in [4.78, 5) is 2.43. The predicted octanol–water partition coefficient (Wildman–Crippen LogP) is 3.64. The topological polar surface area (TPSA) is 3.24 Å². The molecule has 0 saturated heterocycles. The maximum absolute atomic E-state index is 3.86. The third-order valence-electron chi connectivity index (χ3n) is 2.46. The molecule has 0 spiro atoms. The Balaban J connectivity index is 2.69. The van der Waals surface area contributed by atoms with E-state index in [0.29, 0.717) is 0 Å². The second-order valence-electron chi connectivity index (χ2n) is 5.64. The largest absolute Gasteiger partial charge is 0.305 e. The fraction of sp³-hybridized carbons (Fsp3) is 0.429. The summed E-state index contributed by atoms with van der Waals surface area (Å²) in [5.74, 6) is 0. The van der Waals surface area contributed by atoms with Gasteiger partial charge in [-0.25, -0.2) is 0 Å². The van der Waals surface area contributed by atoms with Crippen molar-refractivity contribution in [3.05, 3.63) is 42.0 Å². The average Bonchev–Trinajstić information content (AvgIpc) is 2.15. The van der Waals surface area contributed by atoms with Gasteiger partial charge in [0.25, 0.3) is 0 Å². The highest BCUT2D eigenvalue weighted by Crippen LogP contribution is 2.13. The minimum absolute atomic E-state index is 1.00. The Morgan fingerprint density at radius 3 is 2.44 bits per heavy atom. The Hall–Kier alpha value is -0.863. The van der Waals surface area contributed by atoms with Crippen LogP contribution < -0.4 is 0 Å². The zero-order valence-electron chi connectivity index (χ0n) is 11.0. The van der Waals surface area contributed by atoms with Gasteiger partial charge in [0.1, 0.15) is 0 Å². The summed E-state index contributed by atoms with van der Waals surface area (Å²) in [6.45, 7) is 12.1. The van der Waals surface area contributed by atoms with E-state index < -0.39 is 8.07 Å². The van der Waals surface area contributed by atoms with Crippen molar-refractivity contribution in [2.24, 2.45) is 0 Å². The fourth-order valence-corrected chi connectivity index (χ4v) is 3.77. The van der Waals surface area contributed by atoms with Crippen molar-refractivity contribution in [2.45, 2.75) is 26.2 Å². The van der Waals surface area contributed by atoms with Gasteiger partial charge < -0.3 is 4.90 Å². The molecule has 0 unspecified atom stereocenters. The standard InChI is InChI=1S/C14H23NSi/c1-6-13-9-7-8-10-14(13)11-15(2)12-16(3,4)5/h6-10H,1,11-12H2,2-5H3. The smallest absolute Gasteiger partial charge is 0.0599 e. The van der Waals surface area contributed by atoms with Gasteiger partial charge in [-0.3, -0.25) is 0 Å². The molecule has 0 aliphatic carbocycles. The van der Waals surface area contributed by atoms with E-state index in [4.69, 9.17) is 0 Å². The lowest BCUT2D eigenvalue weighted by Gasteiger charge is -2.25. The molecule has 0 amide bonds. The van der Waals surface area contributed by atoms with Crippen LogP contribution in [0.1, 0.15) is 11.1 Å². The zero-order chi connectivity index (χ0) is 12.2. The van der Waals surface area contributed by atoms with E-state index in [9.17, 15) is 0 Å². The Bertz CT molecular complexity index is 352. The predicted molar refractivity (Wildman–Crippen MR) is 76.2 cm³/mol. The van der Waals surface area contributed by atoms with E-state index in [0.717, 1.165) is 6.54 Å². The molecule has 0 heterocycles. The molecule has 0 bridgehead atoms. The van der Waals surface area contributed by atoms with E-state index in [2.05, 4.69) is 62.4 Å². The molecule has 0 aliphatic heterocycles. The molecule has 1 aromatic carbocycles. The Morgan fingerprint density at radius 1 is 1.25 bits per heavy atom. The van der Waals surface area contributed by atoms with Crippen LogP contribution in [0.4, 0.5) is 0 Å². The van der Waals surface area contributed by atoms with Crippen LogP contribution in [0.25, 0.3) is 6.08 Å². The second kappa shape index (κ2) is 5.46. The van der Waals surface area contributed by atoms with Crippen molar-refractivity contribution in [1.29, 1.82) is 0 Å². The van der Waals surface area contributed by atoms with Crippen LogP contribution in [0.3, 0.4) is 0 Å². The Morgan fingerprint density at radius 2 is 1.88 bits per heavy atom. The van der Waals surface area contributed by atoms with E-state index >= 15 is 0 Å². The molecule has 0 radical (unpaired) electrons. The van der Waals surface area contributed by atoms with Gasteiger partial charge in [-0.1, -0.05) is 56.6 Å². The molecule has 2 heteroatoms. The highest BCUT2D eigenvalue weighted by molar-refractivity contribution is 6.76. The molecular weight excluding hydrogens is 210 g/mol. The van der Waals surface area contributed by atoms with E-state index in [1.165, 1.54) is 17.3 Å². The lowest BCUT2D eigenvalue weighted by atomic mass is 10.1. The number of rotatable bonds is 5. The van der Waals surface area contributed by atoms with Crippen molar-refractivity contribution in [3.63, 3.8) is 0 Å². The quantitative estimate of drug-likeness (QED) is 0.702. The molecule has 1 aromatic rings. The van der Waals surface area contributed by atoms with Crippen LogP contribution >= 0.6 is 0 Å². The molecule has 0 N–H and O–H groups in total. The first-order valence-electron chi connectivity index (χ1n) is 5.81. The second-order valence-corrected chi connectivity index (χ2v) is 11.1. The van der Waals surface area contributed by atoms with E-state index in [1.807, 2.05) is 6.08 Å². The van der Waals surface area contributed by atoms with Crippen molar-refractivity contribution in [2.75, 3.05) is 13.2 Å². The third-order valence-corrected chi connectivity index (χ3v) is 3.95. The van der Waals surface area contributed by atoms with E-state index in [1.54, 1.807) is 0 Å². The number of benzene rings is 1. The van der Waals surface area contributed by atoms with Gasteiger partial charge in [0, 0.05) is 6.54 Å². The van der Waals surface area contributed by atoms with Crippen LogP contribution in [0.5, 0.6) is 0 Å². The van der Waals surface area contributed by atoms with Gasteiger partial charge in [0.05, 0.1) is 8.07 Å². The maximum Gasteiger partial charge on any atom is 0.0599 e. The van der Waals surface area contributed by atoms with Crippen LogP contribution in [-0.2, 0) is 6.54 Å². The number of nitrogens with zero attached hydrogens (tertiary/aromatic N) is 1. The molecule has 0 atom stereocenters. The molecule has 16 heavy (non-hydrogen) atoms. The monoisotopic (exact) mass is 233 g/mol. The summed E-state index contributed by atoms with van der Waals surface area (Å²) in [7, 11) is 1.20. The lowest BCUT2D eigenvalue weighted by Crippen LogP contribution is -2.37. The van der Waals surface area contributed by atoms with Crippen LogP contribution in [0.15, 0.2) is 30.8 Å². The summed E-state index contributed by atoms with van der Waals surface area (Å²) < 4.78 is 0. The third kappa shape index (κ3) is 4.33. The summed E-state index contributed by atoms with van der Waals surface area (Å²) in [6.07, 6.45) is 3.18. The average molecular weight is 233 g/mol. The normalized spacial score (nSPS) is 11.8. The summed E-state index contributed by atoms with van der Waals surface area (Å²) in [5, 5.41) is 0. The first-order valence-corrected chi connectivity index (χ1v) is 9.52. The number of hydrogen-bond acceptors (Lipinski definition) is 1. The fourth-order valence-electron chi connectivity index (χ4n) is 2.03. The van der Waals surface area contributed by atoms with Crippen LogP contribution in [0, 0.1) is 0 Å². The molecule has 1 nitrogen and oxygen atoms in total. The van der Waals surface area contributed by atoms with Gasteiger partial charge in [-0.05, 0) is 24.3 Å². The molecule has 1 rings (SSSR count). The maximum atomic E-state index is 3.86. The highest BCUT2D eigenvalue weighted by Gasteiger charge is 2.16. The van der Waals surface area contributed by atoms with Gasteiger partial charge in [0.2, 0.25) is 0 Å². The van der Waals surface area contributed by atoms with Crippen molar-refractivity contribution >= 4 is 14.1 Å². The Labute approximate surface area is 101 Å². The minimum Gasteiger partial charge on any atom is -0.305 e. The molecule has 0 fully saturated rings. The molecule has 0 aromatic heterocycles. The van der Waals surface area contributed by atoms with Crippen molar-refractivity contribution in [3.8, 4) is 0 Å². The summed E-state index contributed by atoms with van der Waals surface area (Å²) >= 11 is 0. The van der Waals surface area contributed by atoms with Crippen LogP contribution in [0.2, 0.25) is 19.6 Å². The first-order chi connectivity index (χ1) is 7.42. The van der Waals surface area contributed by atoms with Crippen molar-refractivity contribution < 1.29 is 0 Å². The zero-order valence-corrected chi connectivity index (χ0v) is 12.0. The number of hydrogen-bond donors (Lipinski definition) is 0. The summed E-state index contributed by atoms with van der Waals surface area (Å²) in [5.41, 5.74) is 2.63. The lowest BCUT2D eigenvalue weighted by molar-refractivity contribution is 0.375. The highest BCUT2D eigenvalue weighted by atomic mass is 28.3. The minimum atomic E-state index is -1.00. The molecule has 0 saturated carbocycles. The van der Waals surface area contributed by atoms with E-state index in [-0.39, 0.29) is 0 Å². The summed E-state index contributed by atoms with van der Waals surface area (Å²) in [6, 6.07) is 8.49. The first kappa shape index (κ1) is 13.2. The van der Waals surface area contributed by atoms with Crippen molar-refractivity contribution in [1.82, 2.24) is 4.90 Å². The van der Waals surface area contributed by atoms with Gasteiger partial charge in [-0.2, -0.15) is 0 Å². The molecule has 0 aliphatic rings. The van der Waals surface area contributed by atoms with Gasteiger partial charge >= 0.3 is 0 Å². The molecular formula is C14H23NSi. The SMILES string of the molecule is C=Cc1ccccc1CN(C)C[Si](C)(C)C. The van der Waals surface area contributed by atoms with Crippen LogP contribution in [-0.4, -0.2) is 26.2 Å².